The quantitative estimate of drug-likeness (QED) is 0.120. The molecular weight excluding hydrogens is 436 g/mol. The van der Waals surface area contributed by atoms with Gasteiger partial charge in [0.05, 0.1) is 39.6 Å². The molecule has 0 aliphatic rings. The van der Waals surface area contributed by atoms with Crippen molar-refractivity contribution in [2.75, 3.05) is 92.1 Å². The van der Waals surface area contributed by atoms with Gasteiger partial charge in [0.15, 0.2) is 0 Å². The van der Waals surface area contributed by atoms with E-state index in [4.69, 9.17) is 44.2 Å². The van der Waals surface area contributed by atoms with Crippen LogP contribution >= 0.6 is 0 Å². The molecule has 0 radical (unpaired) electrons. The van der Waals surface area contributed by atoms with Crippen LogP contribution in [0.3, 0.4) is 0 Å². The summed E-state index contributed by atoms with van der Waals surface area (Å²) in [5.74, 6) is 0. The van der Waals surface area contributed by atoms with Gasteiger partial charge >= 0.3 is 23.7 Å². The molecule has 11 nitrogen and oxygen atoms in total. The summed E-state index contributed by atoms with van der Waals surface area (Å²) in [6.45, 7) is 8.01. The first-order valence-electron chi connectivity index (χ1n) is 10.0. The van der Waals surface area contributed by atoms with Gasteiger partial charge in [0, 0.05) is 52.5 Å². The second kappa shape index (κ2) is 47.1. The van der Waals surface area contributed by atoms with Gasteiger partial charge < -0.3 is 40.9 Å². The third-order valence-electron chi connectivity index (χ3n) is 2.94. The summed E-state index contributed by atoms with van der Waals surface area (Å²) in [4.78, 5) is 3.58. The van der Waals surface area contributed by atoms with Crippen molar-refractivity contribution in [2.45, 2.75) is 26.7 Å². The third kappa shape index (κ3) is 51.1. The van der Waals surface area contributed by atoms with Crippen molar-refractivity contribution in [2.24, 2.45) is 0 Å². The van der Waals surface area contributed by atoms with Crippen LogP contribution in [0.2, 0.25) is 0 Å². The number of aliphatic hydroxyl groups excluding tert-OH is 8. The zero-order valence-corrected chi connectivity index (χ0v) is 20.3. The molecule has 0 aliphatic heterocycles. The van der Waals surface area contributed by atoms with E-state index < -0.39 is 0 Å². The minimum atomic E-state index is 0.0694. The molecule has 186 valence electrons. The molecule has 0 heterocycles. The van der Waals surface area contributed by atoms with E-state index in [0.29, 0.717) is 52.5 Å². The minimum absolute atomic E-state index is 0.0694. The van der Waals surface area contributed by atoms with E-state index in [1.54, 1.807) is 9.80 Å². The first-order valence-corrected chi connectivity index (χ1v) is 10.7. The summed E-state index contributed by atoms with van der Waals surface area (Å²) < 4.78 is 8.25. The molecule has 8 N–H and O–H groups in total. The monoisotopic (exact) mass is 482 g/mol. The second-order valence-electron chi connectivity index (χ2n) is 5.47. The summed E-state index contributed by atoms with van der Waals surface area (Å²) >= 11 is 0.750. The number of hydrogen-bond donors (Lipinski definition) is 8. The van der Waals surface area contributed by atoms with Gasteiger partial charge in [-0.25, -0.2) is 0 Å². The summed E-state index contributed by atoms with van der Waals surface area (Å²) in [6, 6.07) is 0. The standard InChI is InChI=1S/2C6H15NO3.2C3H8O.O.Ti/c2*8-4-1-7(2-5-9)3-6-10;2*1-2-3-4;;/h2*8-10H,1-6H2;2*4H,2-3H2,1H3;;. The molecule has 0 spiro atoms. The Labute approximate surface area is 193 Å². The molecule has 0 bridgehead atoms. The van der Waals surface area contributed by atoms with Gasteiger partial charge in [-0.2, -0.15) is 0 Å². The second-order valence-corrected chi connectivity index (χ2v) is 5.47. The SMILES string of the molecule is CCCO.CCCO.OCCN(CCO)CCO.OCCN(CCO)CCO.[O]=[Ti]. The molecule has 12 heteroatoms. The maximum absolute atomic E-state index is 8.48. The van der Waals surface area contributed by atoms with Crippen molar-refractivity contribution >= 4 is 0 Å². The Morgan fingerprint density at radius 3 is 0.633 bits per heavy atom. The van der Waals surface area contributed by atoms with Crippen molar-refractivity contribution in [3.8, 4) is 0 Å². The Morgan fingerprint density at radius 2 is 0.567 bits per heavy atom. The van der Waals surface area contributed by atoms with E-state index in [0.717, 1.165) is 33.2 Å². The third-order valence-corrected chi connectivity index (χ3v) is 2.94. The average molecular weight is 482 g/mol. The first-order chi connectivity index (χ1) is 14.5. The van der Waals surface area contributed by atoms with Crippen LogP contribution in [0.4, 0.5) is 0 Å². The van der Waals surface area contributed by atoms with Gasteiger partial charge in [-0.1, -0.05) is 13.8 Å². The molecule has 0 aromatic carbocycles. The fourth-order valence-electron chi connectivity index (χ4n) is 1.52. The van der Waals surface area contributed by atoms with Crippen LogP contribution in [0.5, 0.6) is 0 Å². The number of rotatable bonds is 14. The van der Waals surface area contributed by atoms with Gasteiger partial charge in [0.25, 0.3) is 0 Å². The molecule has 30 heavy (non-hydrogen) atoms. The fourth-order valence-corrected chi connectivity index (χ4v) is 1.52. The Morgan fingerprint density at radius 1 is 0.433 bits per heavy atom. The average Bonchev–Trinajstić information content (AvgIpc) is 2.77. The molecule has 0 aliphatic carbocycles. The molecule has 0 amide bonds. The normalized spacial score (nSPS) is 9.30. The predicted molar refractivity (Wildman–Crippen MR) is 111 cm³/mol. The number of nitrogens with zero attached hydrogens (tertiary/aromatic N) is 2. The van der Waals surface area contributed by atoms with Crippen LogP contribution in [0.1, 0.15) is 26.7 Å². The van der Waals surface area contributed by atoms with Gasteiger partial charge in [-0.05, 0) is 12.8 Å². The van der Waals surface area contributed by atoms with E-state index in [1.807, 2.05) is 13.8 Å². The molecule has 0 rings (SSSR count). The Hall–Kier alpha value is 0.114. The van der Waals surface area contributed by atoms with Crippen molar-refractivity contribution < 1.29 is 64.6 Å². The van der Waals surface area contributed by atoms with Crippen LogP contribution in [0.25, 0.3) is 0 Å². The van der Waals surface area contributed by atoms with E-state index >= 15 is 0 Å². The summed E-state index contributed by atoms with van der Waals surface area (Å²) in [5.41, 5.74) is 0. The topological polar surface area (TPSA) is 185 Å². The van der Waals surface area contributed by atoms with Crippen molar-refractivity contribution in [3.63, 3.8) is 0 Å². The van der Waals surface area contributed by atoms with Crippen molar-refractivity contribution in [1.82, 2.24) is 9.80 Å². The van der Waals surface area contributed by atoms with Crippen molar-refractivity contribution in [1.29, 1.82) is 0 Å². The van der Waals surface area contributed by atoms with Gasteiger partial charge in [0.1, 0.15) is 0 Å². The van der Waals surface area contributed by atoms with E-state index in [-0.39, 0.29) is 39.6 Å². The number of aliphatic hydroxyl groups is 8. The molecule has 0 fully saturated rings. The van der Waals surface area contributed by atoms with Gasteiger partial charge in [0.2, 0.25) is 0 Å². The fraction of sp³-hybridized carbons (Fsp3) is 1.00. The van der Waals surface area contributed by atoms with Crippen molar-refractivity contribution in [3.05, 3.63) is 0 Å². The number of hydrogen-bond acceptors (Lipinski definition) is 11. The molecule has 0 aromatic rings. The molecule has 0 saturated carbocycles. The summed E-state index contributed by atoms with van der Waals surface area (Å²) in [7, 11) is 0. The predicted octanol–water partition coefficient (Wildman–Crippen LogP) is -2.81. The Kier molecular flexibility index (Phi) is 63.5. The van der Waals surface area contributed by atoms with Crippen LogP contribution < -0.4 is 0 Å². The molecule has 0 saturated heterocycles. The summed E-state index contributed by atoms with van der Waals surface area (Å²) in [6.07, 6.45) is 1.75. The van der Waals surface area contributed by atoms with Gasteiger partial charge in [-0.3, -0.25) is 9.80 Å². The van der Waals surface area contributed by atoms with Crippen LogP contribution in [0.15, 0.2) is 0 Å². The molecule has 0 unspecified atom stereocenters. The molecule has 0 atom stereocenters. The maximum atomic E-state index is 8.48. The molecular formula is C18H46N2O9Ti. The zero-order chi connectivity index (χ0) is 24.5. The summed E-state index contributed by atoms with van der Waals surface area (Å²) in [5, 5.41) is 66.7. The van der Waals surface area contributed by atoms with Crippen LogP contribution in [-0.2, 0) is 23.7 Å². The van der Waals surface area contributed by atoms with Crippen LogP contribution in [0, 0.1) is 0 Å². The van der Waals surface area contributed by atoms with Gasteiger partial charge in [-0.15, -0.1) is 0 Å². The van der Waals surface area contributed by atoms with Crippen LogP contribution in [-0.4, -0.2) is 143 Å². The van der Waals surface area contributed by atoms with E-state index in [9.17, 15) is 0 Å². The zero-order valence-electron chi connectivity index (χ0n) is 18.7. The van der Waals surface area contributed by atoms with E-state index in [2.05, 4.69) is 0 Å². The van der Waals surface area contributed by atoms with E-state index in [1.165, 1.54) is 0 Å². The Balaban J connectivity index is -0.0000000972. The first kappa shape index (κ1) is 40.5. The Bertz CT molecular complexity index is 195. The molecule has 0 aromatic heterocycles.